The van der Waals surface area contributed by atoms with Crippen molar-refractivity contribution < 1.29 is 8.98 Å². The van der Waals surface area contributed by atoms with E-state index in [2.05, 4.69) is 42.4 Å². The zero-order valence-corrected chi connectivity index (χ0v) is 9.07. The van der Waals surface area contributed by atoms with Crippen molar-refractivity contribution in [2.24, 2.45) is 5.73 Å². The van der Waals surface area contributed by atoms with E-state index in [1.54, 1.807) is 12.1 Å². The molecule has 6 heteroatoms. The smallest absolute Gasteiger partial charge is 0.253 e. The summed E-state index contributed by atoms with van der Waals surface area (Å²) in [4.78, 5) is 11.9. The summed E-state index contributed by atoms with van der Waals surface area (Å²) in [6.45, 7) is 0. The van der Waals surface area contributed by atoms with Crippen LogP contribution >= 0.6 is 38.2 Å². The number of nitrogens with two attached hydrogens (primary N) is 1. The Bertz CT molecular complexity index is 354. The van der Waals surface area contributed by atoms with Gasteiger partial charge >= 0.3 is 0 Å². The summed E-state index contributed by atoms with van der Waals surface area (Å²) in [5, 5.41) is 0. The molecule has 70 valence electrons. The first kappa shape index (κ1) is 10.6. The molecule has 0 saturated heterocycles. The summed E-state index contributed by atoms with van der Waals surface area (Å²) in [6, 6.07) is 3.19. The lowest BCUT2D eigenvalue weighted by Crippen LogP contribution is -2.13. The van der Waals surface area contributed by atoms with E-state index in [-0.39, 0.29) is 11.3 Å². The van der Waals surface area contributed by atoms with Gasteiger partial charge in [-0.2, -0.15) is 0 Å². The van der Waals surface area contributed by atoms with Crippen molar-refractivity contribution in [1.82, 2.24) is 0 Å². The van der Waals surface area contributed by atoms with E-state index in [0.29, 0.717) is 9.79 Å². The lowest BCUT2D eigenvalue weighted by Gasteiger charge is -2.07. The molecule has 0 atom stereocenters. The van der Waals surface area contributed by atoms with E-state index in [0.717, 1.165) is 0 Å². The van der Waals surface area contributed by atoms with E-state index < -0.39 is 5.91 Å². The van der Waals surface area contributed by atoms with Gasteiger partial charge in [-0.25, -0.2) is 0 Å². The van der Waals surface area contributed by atoms with Crippen molar-refractivity contribution in [1.29, 1.82) is 0 Å². The minimum Gasteiger partial charge on any atom is -0.428 e. The first-order valence-electron chi connectivity index (χ1n) is 3.24. The van der Waals surface area contributed by atoms with Crippen LogP contribution in [0.1, 0.15) is 10.4 Å². The Morgan fingerprint density at radius 1 is 1.38 bits per heavy atom. The van der Waals surface area contributed by atoms with Crippen molar-refractivity contribution in [2.45, 2.75) is 9.79 Å². The fraction of sp³-hybridized carbons (Fsp3) is 0. The molecule has 1 aromatic carbocycles. The molecule has 3 nitrogen and oxygen atoms in total. The maximum Gasteiger partial charge on any atom is 0.253 e. The third kappa shape index (κ3) is 2.07. The molecule has 0 aliphatic heterocycles. The Kier molecular flexibility index (Phi) is 3.40. The predicted octanol–water partition coefficient (Wildman–Crippen LogP) is 1.59. The number of rotatable bonds is 2. The van der Waals surface area contributed by atoms with E-state index in [9.17, 15) is 4.79 Å². The summed E-state index contributed by atoms with van der Waals surface area (Å²) in [5.41, 5.74) is 5.31. The topological polar surface area (TPSA) is 52.3 Å². The fourth-order valence-electron chi connectivity index (χ4n) is 0.876. The summed E-state index contributed by atoms with van der Waals surface area (Å²) < 4.78 is 4.65. The number of benzene rings is 1. The second kappa shape index (κ2) is 4.17. The van der Waals surface area contributed by atoms with E-state index >= 15 is 0 Å². The summed E-state index contributed by atoms with van der Waals surface area (Å²) in [6.07, 6.45) is 0. The predicted molar refractivity (Wildman–Crippen MR) is 59.1 cm³/mol. The van der Waals surface area contributed by atoms with Crippen LogP contribution < -0.4 is 9.92 Å². The van der Waals surface area contributed by atoms with Gasteiger partial charge in [0.25, 0.3) is 5.91 Å². The Morgan fingerprint density at radius 2 is 2.00 bits per heavy atom. The SMILES string of the molecule is NC(=O)c1c(OS)ccc(S)c1S. The minimum atomic E-state index is -0.620. The Labute approximate surface area is 92.1 Å². The van der Waals surface area contributed by atoms with E-state index in [4.69, 9.17) is 5.73 Å². The largest absolute Gasteiger partial charge is 0.428 e. The summed E-state index contributed by atoms with van der Waals surface area (Å²) >= 11 is 11.8. The number of hydrogen-bond acceptors (Lipinski definition) is 5. The second-order valence-corrected chi connectivity index (χ2v) is 3.37. The lowest BCUT2D eigenvalue weighted by atomic mass is 10.2. The maximum atomic E-state index is 11.0. The number of carbonyl (C=O) groups excluding carboxylic acids is 1. The van der Waals surface area contributed by atoms with Crippen LogP contribution in [0.2, 0.25) is 0 Å². The van der Waals surface area contributed by atoms with Crippen molar-refractivity contribution >= 4 is 44.1 Å². The molecule has 0 aliphatic carbocycles. The van der Waals surface area contributed by atoms with Crippen LogP contribution in [0, 0.1) is 0 Å². The van der Waals surface area contributed by atoms with Gasteiger partial charge in [0.15, 0.2) is 5.75 Å². The highest BCUT2D eigenvalue weighted by molar-refractivity contribution is 7.83. The highest BCUT2D eigenvalue weighted by Crippen LogP contribution is 2.30. The molecule has 0 heterocycles. The molecular formula is C7H7NO2S3. The molecular weight excluding hydrogens is 226 g/mol. The van der Waals surface area contributed by atoms with Gasteiger partial charge in [0, 0.05) is 22.7 Å². The van der Waals surface area contributed by atoms with Gasteiger partial charge in [0.1, 0.15) is 0 Å². The molecule has 0 aromatic heterocycles. The van der Waals surface area contributed by atoms with Crippen LogP contribution in [-0.4, -0.2) is 5.91 Å². The van der Waals surface area contributed by atoms with Crippen LogP contribution in [0.15, 0.2) is 21.9 Å². The van der Waals surface area contributed by atoms with Gasteiger partial charge in [0.05, 0.1) is 5.56 Å². The van der Waals surface area contributed by atoms with Gasteiger partial charge in [-0.3, -0.25) is 4.79 Å². The fourth-order valence-corrected chi connectivity index (χ4v) is 1.51. The molecule has 0 aliphatic rings. The minimum absolute atomic E-state index is 0.186. The zero-order chi connectivity index (χ0) is 10.0. The summed E-state index contributed by atoms with van der Waals surface area (Å²) in [5.74, 6) is -0.344. The molecule has 0 radical (unpaired) electrons. The lowest BCUT2D eigenvalue weighted by molar-refractivity contribution is 0.0995. The molecule has 2 N–H and O–H groups in total. The molecule has 1 rings (SSSR count). The molecule has 0 unspecified atom stereocenters. The molecule has 0 bridgehead atoms. The molecule has 0 saturated carbocycles. The number of hydrogen-bond donors (Lipinski definition) is 4. The molecule has 13 heavy (non-hydrogen) atoms. The molecule has 0 spiro atoms. The third-order valence-corrected chi connectivity index (χ3v) is 2.67. The first-order valence-corrected chi connectivity index (χ1v) is 4.50. The van der Waals surface area contributed by atoms with Gasteiger partial charge in [0.2, 0.25) is 0 Å². The number of amides is 1. The monoisotopic (exact) mass is 233 g/mol. The normalized spacial score (nSPS) is 9.77. The summed E-state index contributed by atoms with van der Waals surface area (Å²) in [7, 11) is 0. The van der Waals surface area contributed by atoms with Gasteiger partial charge < -0.3 is 9.92 Å². The first-order chi connectivity index (χ1) is 6.07. The van der Waals surface area contributed by atoms with Crippen molar-refractivity contribution in [2.75, 3.05) is 0 Å². The Morgan fingerprint density at radius 3 is 2.46 bits per heavy atom. The highest BCUT2D eigenvalue weighted by atomic mass is 32.1. The van der Waals surface area contributed by atoms with Gasteiger partial charge in [-0.05, 0) is 12.1 Å². The number of primary amides is 1. The van der Waals surface area contributed by atoms with Crippen LogP contribution in [-0.2, 0) is 0 Å². The third-order valence-electron chi connectivity index (χ3n) is 1.46. The average molecular weight is 233 g/mol. The Hall–Kier alpha value is -0.460. The van der Waals surface area contributed by atoms with Crippen LogP contribution in [0.25, 0.3) is 0 Å². The van der Waals surface area contributed by atoms with E-state index in [1.807, 2.05) is 0 Å². The quantitative estimate of drug-likeness (QED) is 0.463. The second-order valence-electron chi connectivity index (χ2n) is 2.26. The van der Waals surface area contributed by atoms with Gasteiger partial charge in [-0.15, -0.1) is 25.3 Å². The van der Waals surface area contributed by atoms with Crippen LogP contribution in [0.5, 0.6) is 5.75 Å². The number of carbonyl (C=O) groups is 1. The van der Waals surface area contributed by atoms with Crippen molar-refractivity contribution in [3.05, 3.63) is 17.7 Å². The highest BCUT2D eigenvalue weighted by Gasteiger charge is 2.14. The van der Waals surface area contributed by atoms with E-state index in [1.165, 1.54) is 0 Å². The molecule has 1 aromatic rings. The van der Waals surface area contributed by atoms with Crippen molar-refractivity contribution in [3.8, 4) is 5.75 Å². The standard InChI is InChI=1S/C7H7NO2S3/c8-7(9)5-3(10-13)1-2-4(11)6(5)12/h1-2,11-13H,(H2,8,9). The molecule has 0 fully saturated rings. The maximum absolute atomic E-state index is 11.0. The molecule has 1 amide bonds. The van der Waals surface area contributed by atoms with Crippen molar-refractivity contribution in [3.63, 3.8) is 0 Å². The van der Waals surface area contributed by atoms with Gasteiger partial charge in [-0.1, -0.05) is 0 Å². The zero-order valence-electron chi connectivity index (χ0n) is 6.39. The Balaban J connectivity index is 3.41. The average Bonchev–Trinajstić information content (AvgIpc) is 2.08. The van der Waals surface area contributed by atoms with Crippen LogP contribution in [0.4, 0.5) is 0 Å². The number of thiol groups is 3. The van der Waals surface area contributed by atoms with Crippen LogP contribution in [0.3, 0.4) is 0 Å².